The summed E-state index contributed by atoms with van der Waals surface area (Å²) in [6, 6.07) is 0. The number of hydrogen-bond acceptors (Lipinski definition) is 3. The zero-order chi connectivity index (χ0) is 10.2. The molecule has 0 aromatic heterocycles. The third-order valence-corrected chi connectivity index (χ3v) is 2.56. The number of nitrogens with one attached hydrogen (secondary N) is 1. The highest BCUT2D eigenvalue weighted by Gasteiger charge is 2.38. The maximum atomic E-state index is 10.7. The van der Waals surface area contributed by atoms with E-state index in [1.54, 1.807) is 0 Å². The minimum absolute atomic E-state index is 0.0304. The zero-order valence-corrected chi connectivity index (χ0v) is 8.41. The summed E-state index contributed by atoms with van der Waals surface area (Å²) in [5, 5.41) is 11.0. The molecule has 1 heterocycles. The molecule has 0 radical (unpaired) electrons. The second-order valence-corrected chi connectivity index (χ2v) is 3.72. The van der Waals surface area contributed by atoms with Gasteiger partial charge in [0, 0.05) is 0 Å². The highest BCUT2D eigenvalue weighted by Crippen LogP contribution is 2.29. The van der Waals surface area contributed by atoms with Crippen LogP contribution in [0.4, 0.5) is 0 Å². The van der Waals surface area contributed by atoms with Crippen LogP contribution in [0.1, 0.15) is 0 Å². The van der Waals surface area contributed by atoms with Crippen molar-refractivity contribution in [3.8, 4) is 0 Å². The van der Waals surface area contributed by atoms with Crippen LogP contribution < -0.4 is 11.1 Å². The fourth-order valence-electron chi connectivity index (χ4n) is 0.770. The van der Waals surface area contributed by atoms with Crippen LogP contribution in [0.5, 0.6) is 0 Å². The molecule has 72 valence electrons. The maximum Gasteiger partial charge on any atom is 0.349 e. The molecule has 1 rings (SSSR count). The molecule has 4 nitrogen and oxygen atoms in total. The van der Waals surface area contributed by atoms with Gasteiger partial charge in [-0.3, -0.25) is 0 Å². The van der Waals surface area contributed by atoms with Crippen LogP contribution in [-0.4, -0.2) is 16.1 Å². The molecule has 0 aromatic carbocycles. The molecule has 4 N–H and O–H groups in total. The van der Waals surface area contributed by atoms with Crippen molar-refractivity contribution in [1.82, 2.24) is 5.32 Å². The third kappa shape index (κ3) is 1.85. The van der Waals surface area contributed by atoms with E-state index in [0.717, 1.165) is 6.08 Å². The molecule has 0 aliphatic carbocycles. The highest BCUT2D eigenvalue weighted by atomic mass is 35.5. The quantitative estimate of drug-likeness (QED) is 0.476. The number of carbonyl (C=O) groups is 1. The standard InChI is InChI=1S/C6H5Cl3N2O2/c7-3-2(10)1-6(9,5(12)13)11-4(3)8/h1,11H,10H2,(H,12,13). The molecule has 0 saturated carbocycles. The first-order valence-electron chi connectivity index (χ1n) is 3.11. The lowest BCUT2D eigenvalue weighted by atomic mass is 10.2. The van der Waals surface area contributed by atoms with E-state index >= 15 is 0 Å². The fraction of sp³-hybridized carbons (Fsp3) is 0.167. The van der Waals surface area contributed by atoms with Crippen molar-refractivity contribution in [2.75, 3.05) is 0 Å². The van der Waals surface area contributed by atoms with Crippen LogP contribution in [-0.2, 0) is 4.79 Å². The van der Waals surface area contributed by atoms with E-state index in [1.165, 1.54) is 0 Å². The molecule has 1 aliphatic rings. The minimum Gasteiger partial charge on any atom is -0.478 e. The Bertz CT molecular complexity index is 326. The van der Waals surface area contributed by atoms with Gasteiger partial charge in [0.15, 0.2) is 0 Å². The third-order valence-electron chi connectivity index (χ3n) is 1.40. The van der Waals surface area contributed by atoms with Gasteiger partial charge >= 0.3 is 5.97 Å². The lowest BCUT2D eigenvalue weighted by molar-refractivity contribution is -0.139. The summed E-state index contributed by atoms with van der Waals surface area (Å²) in [6.07, 6.45) is 1.07. The molecule has 0 aromatic rings. The second-order valence-electron chi connectivity index (χ2n) is 2.37. The van der Waals surface area contributed by atoms with Crippen LogP contribution in [0.3, 0.4) is 0 Å². The van der Waals surface area contributed by atoms with Gasteiger partial charge < -0.3 is 16.2 Å². The van der Waals surface area contributed by atoms with Crippen molar-refractivity contribution in [2.45, 2.75) is 5.00 Å². The fourth-order valence-corrected chi connectivity index (χ4v) is 1.39. The topological polar surface area (TPSA) is 75.4 Å². The summed E-state index contributed by atoms with van der Waals surface area (Å²) in [4.78, 5) is 8.84. The van der Waals surface area contributed by atoms with Crippen LogP contribution in [0, 0.1) is 0 Å². The summed E-state index contributed by atoms with van der Waals surface area (Å²) in [5.41, 5.74) is 5.41. The number of alkyl halides is 1. The van der Waals surface area contributed by atoms with E-state index in [0.29, 0.717) is 0 Å². The Morgan fingerprint density at radius 1 is 1.62 bits per heavy atom. The predicted octanol–water partition coefficient (Wildman–Crippen LogP) is 1.10. The van der Waals surface area contributed by atoms with Gasteiger partial charge in [0.1, 0.15) is 5.16 Å². The summed E-state index contributed by atoms with van der Waals surface area (Å²) in [7, 11) is 0. The number of halogens is 3. The van der Waals surface area contributed by atoms with E-state index < -0.39 is 11.0 Å². The largest absolute Gasteiger partial charge is 0.478 e. The first-order chi connectivity index (χ1) is 5.87. The molecule has 1 aliphatic heterocycles. The average molecular weight is 243 g/mol. The van der Waals surface area contributed by atoms with Crippen molar-refractivity contribution in [3.05, 3.63) is 22.0 Å². The Balaban J connectivity index is 3.11. The van der Waals surface area contributed by atoms with Crippen LogP contribution >= 0.6 is 34.8 Å². The lowest BCUT2D eigenvalue weighted by Gasteiger charge is -2.25. The number of allylic oxidation sites excluding steroid dienone is 1. The Morgan fingerprint density at radius 2 is 2.15 bits per heavy atom. The zero-order valence-electron chi connectivity index (χ0n) is 6.14. The lowest BCUT2D eigenvalue weighted by Crippen LogP contribution is -2.46. The van der Waals surface area contributed by atoms with Crippen molar-refractivity contribution in [2.24, 2.45) is 5.73 Å². The molecule has 0 amide bonds. The van der Waals surface area contributed by atoms with Gasteiger partial charge in [0.05, 0.1) is 10.7 Å². The molecule has 13 heavy (non-hydrogen) atoms. The minimum atomic E-state index is -1.82. The number of aliphatic carboxylic acids is 1. The van der Waals surface area contributed by atoms with Crippen molar-refractivity contribution >= 4 is 40.8 Å². The van der Waals surface area contributed by atoms with E-state index in [4.69, 9.17) is 45.6 Å². The number of carboxylic acids is 1. The van der Waals surface area contributed by atoms with Crippen molar-refractivity contribution in [1.29, 1.82) is 0 Å². The van der Waals surface area contributed by atoms with Crippen LogP contribution in [0.2, 0.25) is 0 Å². The summed E-state index contributed by atoms with van der Waals surface area (Å²) >= 11 is 16.8. The van der Waals surface area contributed by atoms with E-state index in [9.17, 15) is 4.79 Å². The Labute approximate surface area is 88.9 Å². The number of hydrogen-bond donors (Lipinski definition) is 3. The van der Waals surface area contributed by atoms with Gasteiger partial charge in [-0.15, -0.1) is 0 Å². The van der Waals surface area contributed by atoms with Crippen LogP contribution in [0.15, 0.2) is 22.0 Å². The number of nitrogens with two attached hydrogens (primary N) is 1. The van der Waals surface area contributed by atoms with Gasteiger partial charge in [-0.05, 0) is 6.08 Å². The molecule has 1 unspecified atom stereocenters. The van der Waals surface area contributed by atoms with Gasteiger partial charge in [0.2, 0.25) is 5.00 Å². The smallest absolute Gasteiger partial charge is 0.349 e. The van der Waals surface area contributed by atoms with E-state index in [-0.39, 0.29) is 15.9 Å². The molecule has 1 atom stereocenters. The first kappa shape index (κ1) is 10.5. The normalized spacial score (nSPS) is 28.1. The van der Waals surface area contributed by atoms with Gasteiger partial charge in [0.25, 0.3) is 0 Å². The molecular weight excluding hydrogens is 238 g/mol. The SMILES string of the molecule is NC1=CC(Cl)(C(=O)O)NC(Cl)=C1Cl. The Morgan fingerprint density at radius 3 is 2.54 bits per heavy atom. The van der Waals surface area contributed by atoms with Gasteiger partial charge in [-0.1, -0.05) is 34.8 Å². The molecule has 0 bridgehead atoms. The predicted molar refractivity (Wildman–Crippen MR) is 50.4 cm³/mol. The first-order valence-corrected chi connectivity index (χ1v) is 4.24. The molecule has 0 fully saturated rings. The second kappa shape index (κ2) is 3.29. The van der Waals surface area contributed by atoms with Crippen molar-refractivity contribution < 1.29 is 9.90 Å². The average Bonchev–Trinajstić information content (AvgIpc) is 2.00. The Hall–Kier alpha value is -0.580. The van der Waals surface area contributed by atoms with Crippen molar-refractivity contribution in [3.63, 3.8) is 0 Å². The summed E-state index contributed by atoms with van der Waals surface area (Å²) < 4.78 is 0. The number of rotatable bonds is 1. The molecule has 0 saturated heterocycles. The van der Waals surface area contributed by atoms with E-state index in [1.807, 2.05) is 0 Å². The number of dihydropyridines is 1. The van der Waals surface area contributed by atoms with Gasteiger partial charge in [-0.25, -0.2) is 4.79 Å². The Kier molecular flexibility index (Phi) is 2.66. The van der Waals surface area contributed by atoms with E-state index in [2.05, 4.69) is 5.32 Å². The molecule has 0 spiro atoms. The summed E-state index contributed by atoms with van der Waals surface area (Å²) in [6.45, 7) is 0. The number of carboxylic acid groups (broad SMARTS) is 1. The monoisotopic (exact) mass is 242 g/mol. The summed E-state index contributed by atoms with van der Waals surface area (Å²) in [5.74, 6) is -1.31. The molecule has 7 heteroatoms. The van der Waals surface area contributed by atoms with Gasteiger partial charge in [-0.2, -0.15) is 0 Å². The maximum absolute atomic E-state index is 10.7. The molecular formula is C6H5Cl3N2O2. The van der Waals surface area contributed by atoms with Crippen LogP contribution in [0.25, 0.3) is 0 Å². The highest BCUT2D eigenvalue weighted by molar-refractivity contribution is 6.43.